The third-order valence-corrected chi connectivity index (χ3v) is 3.92. The van der Waals surface area contributed by atoms with Gasteiger partial charge in [0.15, 0.2) is 6.04 Å². The highest BCUT2D eigenvalue weighted by Gasteiger charge is 2.22. The van der Waals surface area contributed by atoms with Crippen LogP contribution in [0.2, 0.25) is 0 Å². The Labute approximate surface area is 141 Å². The Morgan fingerprint density at radius 2 is 1.88 bits per heavy atom. The minimum atomic E-state index is -1.11. The molecule has 5 nitrogen and oxygen atoms in total. The first-order chi connectivity index (χ1) is 11.4. The number of methoxy groups -OCH3 is 1. The predicted molar refractivity (Wildman–Crippen MR) is 91.1 cm³/mol. The van der Waals surface area contributed by atoms with Crippen molar-refractivity contribution in [2.24, 2.45) is 0 Å². The summed E-state index contributed by atoms with van der Waals surface area (Å²) in [6, 6.07) is 11.3. The van der Waals surface area contributed by atoms with Crippen LogP contribution in [0.4, 0.5) is 0 Å². The second-order valence-electron chi connectivity index (χ2n) is 5.71. The number of carbonyl (C=O) groups excluding carboxylic acids is 1. The highest BCUT2D eigenvalue weighted by atomic mass is 16.5. The molecule has 0 aromatic heterocycles. The standard InChI is InChI=1S/C19H21NO4/c1-12-7-8-14(9-13(12)2)10-17(21)20-18(19(22)23)15-5-4-6-16(11-15)24-3/h4-9,11,18H,10H2,1-3H3,(H,20,21)(H,22,23). The zero-order valence-electron chi connectivity index (χ0n) is 14.0. The number of aryl methyl sites for hydroxylation is 2. The second-order valence-corrected chi connectivity index (χ2v) is 5.71. The van der Waals surface area contributed by atoms with Crippen LogP contribution in [0.15, 0.2) is 42.5 Å². The average molecular weight is 327 g/mol. The van der Waals surface area contributed by atoms with E-state index in [-0.39, 0.29) is 12.3 Å². The van der Waals surface area contributed by atoms with E-state index in [1.807, 2.05) is 32.0 Å². The highest BCUT2D eigenvalue weighted by molar-refractivity contribution is 5.85. The van der Waals surface area contributed by atoms with Gasteiger partial charge in [-0.15, -0.1) is 0 Å². The number of benzene rings is 2. The van der Waals surface area contributed by atoms with Crippen LogP contribution in [-0.4, -0.2) is 24.1 Å². The van der Waals surface area contributed by atoms with Crippen LogP contribution in [0.1, 0.15) is 28.3 Å². The van der Waals surface area contributed by atoms with Crippen molar-refractivity contribution in [2.45, 2.75) is 26.3 Å². The van der Waals surface area contributed by atoms with Crippen LogP contribution in [0.3, 0.4) is 0 Å². The highest BCUT2D eigenvalue weighted by Crippen LogP contribution is 2.20. The van der Waals surface area contributed by atoms with Gasteiger partial charge in [0.05, 0.1) is 13.5 Å². The normalized spacial score (nSPS) is 11.6. The van der Waals surface area contributed by atoms with Gasteiger partial charge in [-0.2, -0.15) is 0 Å². The first-order valence-electron chi connectivity index (χ1n) is 7.63. The molecular formula is C19H21NO4. The van der Waals surface area contributed by atoms with E-state index in [0.29, 0.717) is 11.3 Å². The smallest absolute Gasteiger partial charge is 0.330 e. The molecule has 2 rings (SSSR count). The van der Waals surface area contributed by atoms with E-state index in [0.717, 1.165) is 16.7 Å². The van der Waals surface area contributed by atoms with Crippen molar-refractivity contribution < 1.29 is 19.4 Å². The maximum atomic E-state index is 12.2. The van der Waals surface area contributed by atoms with E-state index in [1.54, 1.807) is 24.3 Å². The van der Waals surface area contributed by atoms with E-state index in [1.165, 1.54) is 7.11 Å². The monoisotopic (exact) mass is 327 g/mol. The Morgan fingerprint density at radius 1 is 1.12 bits per heavy atom. The second kappa shape index (κ2) is 7.64. The molecule has 5 heteroatoms. The van der Waals surface area contributed by atoms with Gasteiger partial charge < -0.3 is 15.2 Å². The number of hydrogen-bond acceptors (Lipinski definition) is 3. The van der Waals surface area contributed by atoms with Crippen molar-refractivity contribution in [2.75, 3.05) is 7.11 Å². The summed E-state index contributed by atoms with van der Waals surface area (Å²) in [6.45, 7) is 3.98. The lowest BCUT2D eigenvalue weighted by Gasteiger charge is -2.16. The Hall–Kier alpha value is -2.82. The van der Waals surface area contributed by atoms with Crippen LogP contribution in [0.25, 0.3) is 0 Å². The van der Waals surface area contributed by atoms with Crippen LogP contribution in [0.5, 0.6) is 5.75 Å². The first-order valence-corrected chi connectivity index (χ1v) is 7.63. The van der Waals surface area contributed by atoms with Gasteiger partial charge in [0.2, 0.25) is 5.91 Å². The molecule has 0 bridgehead atoms. The van der Waals surface area contributed by atoms with Gasteiger partial charge in [0.1, 0.15) is 5.75 Å². The molecule has 0 heterocycles. The SMILES string of the molecule is COc1cccc(C(NC(=O)Cc2ccc(C)c(C)c2)C(=O)O)c1. The van der Waals surface area contributed by atoms with Gasteiger partial charge in [-0.3, -0.25) is 4.79 Å². The molecule has 2 aromatic carbocycles. The zero-order valence-corrected chi connectivity index (χ0v) is 14.0. The predicted octanol–water partition coefficient (Wildman–Crippen LogP) is 2.80. The van der Waals surface area contributed by atoms with Gasteiger partial charge in [-0.1, -0.05) is 30.3 Å². The Balaban J connectivity index is 2.13. The van der Waals surface area contributed by atoms with E-state index in [2.05, 4.69) is 5.32 Å². The van der Waals surface area contributed by atoms with E-state index < -0.39 is 12.0 Å². The number of aliphatic carboxylic acids is 1. The number of carboxylic acids is 1. The van der Waals surface area contributed by atoms with Gasteiger partial charge in [-0.05, 0) is 48.2 Å². The molecule has 1 amide bonds. The molecule has 1 unspecified atom stereocenters. The zero-order chi connectivity index (χ0) is 17.7. The number of carboxylic acid groups (broad SMARTS) is 1. The molecule has 0 aliphatic carbocycles. The van der Waals surface area contributed by atoms with Gasteiger partial charge >= 0.3 is 5.97 Å². The maximum Gasteiger partial charge on any atom is 0.330 e. The molecule has 24 heavy (non-hydrogen) atoms. The molecule has 0 aliphatic heterocycles. The van der Waals surface area contributed by atoms with Crippen molar-refractivity contribution >= 4 is 11.9 Å². The molecule has 2 N–H and O–H groups in total. The lowest BCUT2D eigenvalue weighted by Crippen LogP contribution is -2.34. The number of carbonyl (C=O) groups is 2. The minimum Gasteiger partial charge on any atom is -0.497 e. The van der Waals surface area contributed by atoms with Crippen molar-refractivity contribution in [1.82, 2.24) is 5.32 Å². The lowest BCUT2D eigenvalue weighted by molar-refractivity contribution is -0.141. The molecule has 126 valence electrons. The maximum absolute atomic E-state index is 12.2. The number of ether oxygens (including phenoxy) is 1. The van der Waals surface area contributed by atoms with Crippen LogP contribution >= 0.6 is 0 Å². The van der Waals surface area contributed by atoms with E-state index >= 15 is 0 Å². The summed E-state index contributed by atoms with van der Waals surface area (Å²) in [6.07, 6.45) is 0.134. The Kier molecular flexibility index (Phi) is 5.58. The fraction of sp³-hybridized carbons (Fsp3) is 0.263. The molecule has 0 fully saturated rings. The summed E-state index contributed by atoms with van der Waals surface area (Å²) in [4.78, 5) is 23.8. The summed E-state index contributed by atoms with van der Waals surface area (Å²) in [5, 5.41) is 12.0. The summed E-state index contributed by atoms with van der Waals surface area (Å²) in [5.41, 5.74) is 3.57. The van der Waals surface area contributed by atoms with Gasteiger partial charge in [0.25, 0.3) is 0 Å². The number of rotatable bonds is 6. The first kappa shape index (κ1) is 17.5. The van der Waals surface area contributed by atoms with Crippen LogP contribution < -0.4 is 10.1 Å². The molecule has 0 radical (unpaired) electrons. The molecule has 0 saturated heterocycles. The third kappa shape index (κ3) is 4.35. The lowest BCUT2D eigenvalue weighted by atomic mass is 10.0. The van der Waals surface area contributed by atoms with E-state index in [9.17, 15) is 14.7 Å². The van der Waals surface area contributed by atoms with Crippen molar-refractivity contribution in [1.29, 1.82) is 0 Å². The van der Waals surface area contributed by atoms with Gasteiger partial charge in [0, 0.05) is 0 Å². The van der Waals surface area contributed by atoms with Crippen LogP contribution in [0, 0.1) is 13.8 Å². The molecule has 0 spiro atoms. The van der Waals surface area contributed by atoms with Gasteiger partial charge in [-0.25, -0.2) is 4.79 Å². The Morgan fingerprint density at radius 3 is 2.50 bits per heavy atom. The molecular weight excluding hydrogens is 306 g/mol. The van der Waals surface area contributed by atoms with Crippen molar-refractivity contribution in [3.05, 3.63) is 64.7 Å². The minimum absolute atomic E-state index is 0.134. The number of nitrogens with one attached hydrogen (secondary N) is 1. The molecule has 1 atom stereocenters. The number of amides is 1. The molecule has 0 aliphatic rings. The quantitative estimate of drug-likeness (QED) is 0.855. The molecule has 0 saturated carbocycles. The average Bonchev–Trinajstić information content (AvgIpc) is 2.56. The van der Waals surface area contributed by atoms with Crippen LogP contribution in [-0.2, 0) is 16.0 Å². The van der Waals surface area contributed by atoms with Crippen molar-refractivity contribution in [3.8, 4) is 5.75 Å². The fourth-order valence-corrected chi connectivity index (χ4v) is 2.42. The summed E-state index contributed by atoms with van der Waals surface area (Å²) < 4.78 is 5.10. The molecule has 2 aromatic rings. The number of hydrogen-bond donors (Lipinski definition) is 2. The topological polar surface area (TPSA) is 75.6 Å². The summed E-state index contributed by atoms with van der Waals surface area (Å²) in [7, 11) is 1.51. The third-order valence-electron chi connectivity index (χ3n) is 3.92. The largest absolute Gasteiger partial charge is 0.497 e. The van der Waals surface area contributed by atoms with E-state index in [4.69, 9.17) is 4.74 Å². The summed E-state index contributed by atoms with van der Waals surface area (Å²) >= 11 is 0. The van der Waals surface area contributed by atoms with Crippen molar-refractivity contribution in [3.63, 3.8) is 0 Å². The Bertz CT molecular complexity index is 755. The fourth-order valence-electron chi connectivity index (χ4n) is 2.42. The summed E-state index contributed by atoms with van der Waals surface area (Å²) in [5.74, 6) is -0.910.